The number of carbonyl (C=O) groups excluding carboxylic acids is 1. The highest BCUT2D eigenvalue weighted by Crippen LogP contribution is 2.26. The van der Waals surface area contributed by atoms with E-state index in [0.29, 0.717) is 16.4 Å². The van der Waals surface area contributed by atoms with Crippen LogP contribution in [0.5, 0.6) is 0 Å². The molecule has 7 nitrogen and oxygen atoms in total. The fourth-order valence-corrected chi connectivity index (χ4v) is 2.79. The Morgan fingerprint density at radius 3 is 2.44 bits per heavy atom. The number of halogens is 1. The first-order valence-electron chi connectivity index (χ1n) is 8.20. The number of aryl methyl sites for hydroxylation is 2. The molecule has 0 fully saturated rings. The predicted octanol–water partition coefficient (Wildman–Crippen LogP) is 3.83. The Balaban J connectivity index is 1.74. The van der Waals surface area contributed by atoms with Crippen LogP contribution in [0.25, 0.3) is 0 Å². The number of nitrogens with zero attached hydrogens (tertiary/aromatic N) is 2. The molecule has 1 amide bonds. The molecule has 0 saturated heterocycles. The molecule has 27 heavy (non-hydrogen) atoms. The normalized spacial score (nSPS) is 10.3. The third-order valence-electron chi connectivity index (χ3n) is 3.75. The molecular weight excluding hydrogens is 364 g/mol. The molecule has 1 aromatic heterocycles. The van der Waals surface area contributed by atoms with E-state index < -0.39 is 0 Å². The zero-order valence-corrected chi connectivity index (χ0v) is 15.6. The lowest BCUT2D eigenvalue weighted by molar-refractivity contribution is 0.0962. The van der Waals surface area contributed by atoms with Gasteiger partial charge in [-0.2, -0.15) is 0 Å². The largest absolute Gasteiger partial charge is 0.393 e. The number of aromatic nitrogens is 2. The van der Waals surface area contributed by atoms with Crippen molar-refractivity contribution in [2.75, 3.05) is 16.5 Å². The van der Waals surface area contributed by atoms with Gasteiger partial charge in [-0.15, -0.1) is 0 Å². The number of carbonyl (C=O) groups is 1. The van der Waals surface area contributed by atoms with Crippen molar-refractivity contribution < 1.29 is 4.79 Å². The minimum Gasteiger partial charge on any atom is -0.393 e. The van der Waals surface area contributed by atoms with Crippen LogP contribution < -0.4 is 21.9 Å². The van der Waals surface area contributed by atoms with Gasteiger partial charge < -0.3 is 11.1 Å². The minimum atomic E-state index is -0.362. The average Bonchev–Trinajstić information content (AvgIpc) is 2.61. The molecule has 0 unspecified atom stereocenters. The van der Waals surface area contributed by atoms with Crippen LogP contribution in [0.1, 0.15) is 21.5 Å². The monoisotopic (exact) mass is 382 g/mol. The maximum absolute atomic E-state index is 12.2. The van der Waals surface area contributed by atoms with Gasteiger partial charge in [0.25, 0.3) is 5.91 Å². The van der Waals surface area contributed by atoms with Gasteiger partial charge in [0.15, 0.2) is 11.6 Å². The van der Waals surface area contributed by atoms with Crippen molar-refractivity contribution in [2.24, 2.45) is 0 Å². The molecule has 138 valence electrons. The third kappa shape index (κ3) is 4.65. The lowest BCUT2D eigenvalue weighted by atomic mass is 10.1. The van der Waals surface area contributed by atoms with Crippen molar-refractivity contribution in [3.63, 3.8) is 0 Å². The van der Waals surface area contributed by atoms with E-state index in [2.05, 4.69) is 32.2 Å². The highest BCUT2D eigenvalue weighted by Gasteiger charge is 2.11. The van der Waals surface area contributed by atoms with E-state index in [1.165, 1.54) is 6.33 Å². The standard InChI is InChI=1S/C19H19ClN6O/c1-11-6-12(2)8-15(7-11)24-17-16(21)18(23-10-22-17)25-26-19(27)13-4-3-5-14(20)9-13/h3-10H,21H2,1-2H3,(H,26,27)(H2,22,23,24,25). The van der Waals surface area contributed by atoms with E-state index in [1.807, 2.05) is 26.0 Å². The van der Waals surface area contributed by atoms with Gasteiger partial charge in [-0.25, -0.2) is 9.97 Å². The number of hydrogen-bond donors (Lipinski definition) is 4. The Labute approximate surface area is 162 Å². The van der Waals surface area contributed by atoms with E-state index in [4.69, 9.17) is 17.3 Å². The van der Waals surface area contributed by atoms with Gasteiger partial charge in [0, 0.05) is 16.3 Å². The summed E-state index contributed by atoms with van der Waals surface area (Å²) in [6.45, 7) is 4.03. The van der Waals surface area contributed by atoms with Crippen LogP contribution in [0.4, 0.5) is 23.0 Å². The van der Waals surface area contributed by atoms with Gasteiger partial charge >= 0.3 is 0 Å². The summed E-state index contributed by atoms with van der Waals surface area (Å²) >= 11 is 5.90. The Morgan fingerprint density at radius 2 is 1.74 bits per heavy atom. The van der Waals surface area contributed by atoms with Gasteiger partial charge in [-0.05, 0) is 55.3 Å². The van der Waals surface area contributed by atoms with E-state index in [0.717, 1.165) is 16.8 Å². The lowest BCUT2D eigenvalue weighted by Gasteiger charge is -2.14. The number of amides is 1. The van der Waals surface area contributed by atoms with Gasteiger partial charge in [-0.3, -0.25) is 15.6 Å². The van der Waals surface area contributed by atoms with E-state index in [1.54, 1.807) is 24.3 Å². The number of benzene rings is 2. The number of hydrazine groups is 1. The maximum Gasteiger partial charge on any atom is 0.269 e. The summed E-state index contributed by atoms with van der Waals surface area (Å²) < 4.78 is 0. The second-order valence-corrected chi connectivity index (χ2v) is 6.51. The second kappa shape index (κ2) is 7.92. The Hall–Kier alpha value is -3.32. The van der Waals surface area contributed by atoms with Crippen LogP contribution in [0, 0.1) is 13.8 Å². The van der Waals surface area contributed by atoms with Crippen molar-refractivity contribution in [3.8, 4) is 0 Å². The quantitative estimate of drug-likeness (QED) is 0.500. The highest BCUT2D eigenvalue weighted by atomic mass is 35.5. The van der Waals surface area contributed by atoms with E-state index in [-0.39, 0.29) is 17.4 Å². The van der Waals surface area contributed by atoms with Gasteiger partial charge in [0.1, 0.15) is 12.0 Å². The van der Waals surface area contributed by atoms with Crippen LogP contribution in [0.2, 0.25) is 5.02 Å². The molecule has 2 aromatic carbocycles. The average molecular weight is 383 g/mol. The van der Waals surface area contributed by atoms with Crippen molar-refractivity contribution in [2.45, 2.75) is 13.8 Å². The Bertz CT molecular complexity index is 971. The minimum absolute atomic E-state index is 0.281. The number of anilines is 4. The van der Waals surface area contributed by atoms with Crippen LogP contribution >= 0.6 is 11.6 Å². The molecule has 0 atom stereocenters. The van der Waals surface area contributed by atoms with Gasteiger partial charge in [0.05, 0.1) is 0 Å². The highest BCUT2D eigenvalue weighted by molar-refractivity contribution is 6.30. The maximum atomic E-state index is 12.2. The molecule has 3 rings (SSSR count). The molecule has 0 aliphatic carbocycles. The third-order valence-corrected chi connectivity index (χ3v) is 3.98. The number of nitrogen functional groups attached to an aromatic ring is 1. The summed E-state index contributed by atoms with van der Waals surface area (Å²) in [6.07, 6.45) is 1.36. The molecule has 0 aliphatic rings. The summed E-state index contributed by atoms with van der Waals surface area (Å²) in [5.74, 6) is 0.362. The summed E-state index contributed by atoms with van der Waals surface area (Å²) in [4.78, 5) is 20.4. The Kier molecular flexibility index (Phi) is 5.42. The molecule has 5 N–H and O–H groups in total. The molecule has 1 heterocycles. The number of nitrogens with one attached hydrogen (secondary N) is 3. The second-order valence-electron chi connectivity index (χ2n) is 6.08. The fraction of sp³-hybridized carbons (Fsp3) is 0.105. The van der Waals surface area contributed by atoms with Crippen LogP contribution in [0.3, 0.4) is 0 Å². The molecule has 0 spiro atoms. The predicted molar refractivity (Wildman–Crippen MR) is 108 cm³/mol. The van der Waals surface area contributed by atoms with Crippen LogP contribution in [0.15, 0.2) is 48.8 Å². The first kappa shape index (κ1) is 18.5. The molecule has 3 aromatic rings. The molecule has 0 radical (unpaired) electrons. The molecule has 8 heteroatoms. The van der Waals surface area contributed by atoms with E-state index in [9.17, 15) is 4.79 Å². The van der Waals surface area contributed by atoms with Crippen LogP contribution in [-0.4, -0.2) is 15.9 Å². The van der Waals surface area contributed by atoms with E-state index >= 15 is 0 Å². The molecule has 0 aliphatic heterocycles. The smallest absolute Gasteiger partial charge is 0.269 e. The van der Waals surface area contributed by atoms with Gasteiger partial charge in [0.2, 0.25) is 0 Å². The fourth-order valence-electron chi connectivity index (χ4n) is 2.60. The number of rotatable bonds is 5. The lowest BCUT2D eigenvalue weighted by Crippen LogP contribution is -2.30. The summed E-state index contributed by atoms with van der Waals surface area (Å²) in [6, 6.07) is 12.7. The van der Waals surface area contributed by atoms with Crippen LogP contribution in [-0.2, 0) is 0 Å². The molecule has 0 bridgehead atoms. The summed E-state index contributed by atoms with van der Waals surface area (Å²) in [5, 5.41) is 3.65. The molecular formula is C19H19ClN6O. The first-order chi connectivity index (χ1) is 12.9. The van der Waals surface area contributed by atoms with Crippen molar-refractivity contribution in [1.82, 2.24) is 15.4 Å². The zero-order valence-electron chi connectivity index (χ0n) is 14.9. The molecule has 0 saturated carbocycles. The topological polar surface area (TPSA) is 105 Å². The first-order valence-corrected chi connectivity index (χ1v) is 8.58. The number of nitrogens with two attached hydrogens (primary N) is 1. The van der Waals surface area contributed by atoms with Crippen molar-refractivity contribution in [1.29, 1.82) is 0 Å². The Morgan fingerprint density at radius 1 is 1.04 bits per heavy atom. The van der Waals surface area contributed by atoms with Crippen molar-refractivity contribution >= 4 is 40.5 Å². The number of hydrogen-bond acceptors (Lipinski definition) is 6. The summed E-state index contributed by atoms with van der Waals surface area (Å²) in [5.41, 5.74) is 15.2. The summed E-state index contributed by atoms with van der Waals surface area (Å²) in [7, 11) is 0. The zero-order chi connectivity index (χ0) is 19.4. The van der Waals surface area contributed by atoms with Crippen molar-refractivity contribution in [3.05, 3.63) is 70.5 Å². The van der Waals surface area contributed by atoms with Gasteiger partial charge in [-0.1, -0.05) is 23.7 Å². The SMILES string of the molecule is Cc1cc(C)cc(Nc2ncnc(NNC(=O)c3cccc(Cl)c3)c2N)c1.